The molecule has 2 aliphatic rings. The first-order chi connectivity index (χ1) is 13.2. The predicted molar refractivity (Wildman–Crippen MR) is 101 cm³/mol. The summed E-state index contributed by atoms with van der Waals surface area (Å²) in [5.74, 6) is -0.0455. The van der Waals surface area contributed by atoms with Crippen LogP contribution >= 0.6 is 0 Å². The average Bonchev–Trinajstić information content (AvgIpc) is 3.17. The van der Waals surface area contributed by atoms with Crippen molar-refractivity contribution < 1.29 is 19.0 Å². The third kappa shape index (κ3) is 3.74. The van der Waals surface area contributed by atoms with Crippen LogP contribution in [0.3, 0.4) is 0 Å². The Labute approximate surface area is 158 Å². The second-order valence-electron chi connectivity index (χ2n) is 6.65. The zero-order valence-corrected chi connectivity index (χ0v) is 15.3. The molecule has 1 aromatic heterocycles. The van der Waals surface area contributed by atoms with Gasteiger partial charge in [0.2, 0.25) is 0 Å². The number of para-hydroxylation sites is 2. The average molecular weight is 369 g/mol. The Bertz CT molecular complexity index is 793. The number of amides is 1. The van der Waals surface area contributed by atoms with Gasteiger partial charge in [-0.2, -0.15) is 0 Å². The molecule has 3 heterocycles. The normalized spacial score (nSPS) is 18.5. The van der Waals surface area contributed by atoms with Gasteiger partial charge in [-0.1, -0.05) is 12.1 Å². The summed E-state index contributed by atoms with van der Waals surface area (Å²) in [7, 11) is 1.57. The number of benzene rings is 1. The molecule has 7 nitrogen and oxygen atoms in total. The number of anilines is 2. The first-order valence-corrected chi connectivity index (χ1v) is 9.12. The summed E-state index contributed by atoms with van der Waals surface area (Å²) in [6.45, 7) is 3.04. The van der Waals surface area contributed by atoms with Crippen molar-refractivity contribution in [1.29, 1.82) is 0 Å². The van der Waals surface area contributed by atoms with Crippen molar-refractivity contribution in [1.82, 2.24) is 4.98 Å². The van der Waals surface area contributed by atoms with Crippen LogP contribution in [0.5, 0.6) is 5.75 Å². The van der Waals surface area contributed by atoms with Crippen molar-refractivity contribution in [3.63, 3.8) is 0 Å². The second kappa shape index (κ2) is 7.54. The lowest BCUT2D eigenvalue weighted by atomic mass is 10.0. The van der Waals surface area contributed by atoms with E-state index in [9.17, 15) is 4.79 Å². The zero-order valence-electron chi connectivity index (χ0n) is 15.3. The lowest BCUT2D eigenvalue weighted by Gasteiger charge is -2.38. The van der Waals surface area contributed by atoms with E-state index in [1.54, 1.807) is 31.5 Å². The van der Waals surface area contributed by atoms with Crippen LogP contribution in [0.15, 0.2) is 42.6 Å². The van der Waals surface area contributed by atoms with E-state index in [2.05, 4.69) is 15.2 Å². The van der Waals surface area contributed by atoms with Gasteiger partial charge in [-0.3, -0.25) is 4.79 Å². The van der Waals surface area contributed by atoms with Gasteiger partial charge in [0.25, 0.3) is 5.91 Å². The molecule has 27 heavy (non-hydrogen) atoms. The number of piperidine rings is 1. The number of pyridine rings is 1. The first kappa shape index (κ1) is 17.8. The Morgan fingerprint density at radius 2 is 1.89 bits per heavy atom. The van der Waals surface area contributed by atoms with Gasteiger partial charge in [0.05, 0.1) is 37.9 Å². The molecular formula is C20H23N3O4. The molecule has 0 atom stereocenters. The number of ether oxygens (including phenoxy) is 3. The van der Waals surface area contributed by atoms with Crippen molar-refractivity contribution in [3.05, 3.63) is 48.3 Å². The van der Waals surface area contributed by atoms with Gasteiger partial charge in [0.15, 0.2) is 5.79 Å². The molecule has 2 fully saturated rings. The molecule has 1 N–H and O–H groups in total. The zero-order chi connectivity index (χ0) is 18.7. The monoisotopic (exact) mass is 369 g/mol. The number of carbonyl (C=O) groups excluding carboxylic acids is 1. The van der Waals surface area contributed by atoms with Crippen LogP contribution in [0, 0.1) is 0 Å². The molecule has 0 saturated carbocycles. The van der Waals surface area contributed by atoms with Gasteiger partial charge in [-0.15, -0.1) is 0 Å². The van der Waals surface area contributed by atoms with Crippen molar-refractivity contribution in [3.8, 4) is 5.75 Å². The third-order valence-electron chi connectivity index (χ3n) is 5.04. The predicted octanol–water partition coefficient (Wildman–Crippen LogP) is 2.69. The summed E-state index contributed by atoms with van der Waals surface area (Å²) in [6.07, 6.45) is 3.41. The Morgan fingerprint density at radius 3 is 2.56 bits per heavy atom. The van der Waals surface area contributed by atoms with Crippen molar-refractivity contribution >= 4 is 17.3 Å². The molecular weight excluding hydrogens is 346 g/mol. The molecule has 2 aliphatic heterocycles. The fourth-order valence-corrected chi connectivity index (χ4v) is 3.53. The third-order valence-corrected chi connectivity index (χ3v) is 5.04. The number of methoxy groups -OCH3 is 1. The summed E-state index contributed by atoms with van der Waals surface area (Å²) in [5.41, 5.74) is 1.98. The number of hydrogen-bond donors (Lipinski definition) is 1. The molecule has 4 rings (SSSR count). The fraction of sp³-hybridized carbons (Fsp3) is 0.400. The minimum atomic E-state index is -0.390. The molecule has 2 saturated heterocycles. The molecule has 0 unspecified atom stereocenters. The molecule has 0 aliphatic carbocycles. The SMILES string of the molecule is COc1ccccc1NC(=O)c1ccc(N2CCC3(CC2)OCCO3)cn1. The summed E-state index contributed by atoms with van der Waals surface area (Å²) >= 11 is 0. The number of carbonyl (C=O) groups is 1. The summed E-state index contributed by atoms with van der Waals surface area (Å²) in [5, 5.41) is 2.84. The Hall–Kier alpha value is -2.64. The molecule has 1 amide bonds. The number of nitrogens with one attached hydrogen (secondary N) is 1. The van der Waals surface area contributed by atoms with Gasteiger partial charge in [0.1, 0.15) is 11.4 Å². The van der Waals surface area contributed by atoms with Gasteiger partial charge >= 0.3 is 0 Å². The van der Waals surface area contributed by atoms with Crippen molar-refractivity contribution in [2.45, 2.75) is 18.6 Å². The van der Waals surface area contributed by atoms with Gasteiger partial charge < -0.3 is 24.4 Å². The largest absolute Gasteiger partial charge is 0.495 e. The second-order valence-corrected chi connectivity index (χ2v) is 6.65. The standard InChI is InChI=1S/C20H23N3O4/c1-25-18-5-3-2-4-16(18)22-19(24)17-7-6-15(14-21-17)23-10-8-20(9-11-23)26-12-13-27-20/h2-7,14H,8-13H2,1H3,(H,22,24). The summed E-state index contributed by atoms with van der Waals surface area (Å²) in [6, 6.07) is 11.0. The highest BCUT2D eigenvalue weighted by Gasteiger charge is 2.39. The molecule has 0 radical (unpaired) electrons. The van der Waals surface area contributed by atoms with Gasteiger partial charge in [0, 0.05) is 25.9 Å². The summed E-state index contributed by atoms with van der Waals surface area (Å²) in [4.78, 5) is 19.0. The highest BCUT2D eigenvalue weighted by atomic mass is 16.7. The van der Waals surface area contributed by atoms with E-state index < -0.39 is 5.79 Å². The highest BCUT2D eigenvalue weighted by Crippen LogP contribution is 2.33. The smallest absolute Gasteiger partial charge is 0.274 e. The Morgan fingerprint density at radius 1 is 1.15 bits per heavy atom. The highest BCUT2D eigenvalue weighted by molar-refractivity contribution is 6.03. The van der Waals surface area contributed by atoms with E-state index >= 15 is 0 Å². The first-order valence-electron chi connectivity index (χ1n) is 9.12. The van der Waals surface area contributed by atoms with Crippen LogP contribution in [0.1, 0.15) is 23.3 Å². The lowest BCUT2D eigenvalue weighted by molar-refractivity contribution is -0.169. The number of nitrogens with zero attached hydrogens (tertiary/aromatic N) is 2. The maximum absolute atomic E-state index is 12.5. The molecule has 1 spiro atoms. The minimum absolute atomic E-state index is 0.267. The number of rotatable bonds is 4. The van der Waals surface area contributed by atoms with E-state index in [-0.39, 0.29) is 5.91 Å². The van der Waals surface area contributed by atoms with E-state index in [0.29, 0.717) is 30.3 Å². The quantitative estimate of drug-likeness (QED) is 0.893. The van der Waals surface area contributed by atoms with E-state index in [0.717, 1.165) is 31.6 Å². The van der Waals surface area contributed by atoms with E-state index in [4.69, 9.17) is 14.2 Å². The fourth-order valence-electron chi connectivity index (χ4n) is 3.53. The summed E-state index contributed by atoms with van der Waals surface area (Å²) < 4.78 is 16.8. The van der Waals surface area contributed by atoms with Crippen LogP contribution in [0.4, 0.5) is 11.4 Å². The van der Waals surface area contributed by atoms with Crippen LogP contribution in [0.25, 0.3) is 0 Å². The van der Waals surface area contributed by atoms with Gasteiger partial charge in [-0.05, 0) is 24.3 Å². The van der Waals surface area contributed by atoms with Crippen LogP contribution in [-0.4, -0.2) is 50.1 Å². The van der Waals surface area contributed by atoms with Crippen molar-refractivity contribution in [2.75, 3.05) is 43.6 Å². The van der Waals surface area contributed by atoms with Crippen molar-refractivity contribution in [2.24, 2.45) is 0 Å². The maximum atomic E-state index is 12.5. The minimum Gasteiger partial charge on any atom is -0.495 e. The van der Waals surface area contributed by atoms with Gasteiger partial charge in [-0.25, -0.2) is 4.98 Å². The number of aromatic nitrogens is 1. The van der Waals surface area contributed by atoms with Crippen LogP contribution < -0.4 is 15.0 Å². The molecule has 142 valence electrons. The molecule has 7 heteroatoms. The van der Waals surface area contributed by atoms with E-state index in [1.807, 2.05) is 18.2 Å². The molecule has 2 aromatic rings. The lowest BCUT2D eigenvalue weighted by Crippen LogP contribution is -2.45. The number of hydrogen-bond acceptors (Lipinski definition) is 6. The van der Waals surface area contributed by atoms with Crippen LogP contribution in [0.2, 0.25) is 0 Å². The Balaban J connectivity index is 1.39. The Kier molecular flexibility index (Phi) is 4.96. The molecule has 1 aromatic carbocycles. The topological polar surface area (TPSA) is 72.9 Å². The van der Waals surface area contributed by atoms with E-state index in [1.165, 1.54) is 0 Å². The van der Waals surface area contributed by atoms with Crippen LogP contribution in [-0.2, 0) is 9.47 Å². The molecule has 0 bridgehead atoms. The maximum Gasteiger partial charge on any atom is 0.274 e.